The van der Waals surface area contributed by atoms with Crippen molar-refractivity contribution in [3.8, 4) is 10.6 Å². The van der Waals surface area contributed by atoms with Gasteiger partial charge in [-0.1, -0.05) is 37.3 Å². The molecule has 0 fully saturated rings. The average molecular weight is 430 g/mol. The minimum atomic E-state index is -3.67. The highest BCUT2D eigenvalue weighted by Crippen LogP contribution is 2.28. The van der Waals surface area contributed by atoms with Crippen LogP contribution in [-0.2, 0) is 21.4 Å². The number of benzene rings is 2. The van der Waals surface area contributed by atoms with Crippen LogP contribution in [0, 0.1) is 6.92 Å². The van der Waals surface area contributed by atoms with Gasteiger partial charge in [-0.05, 0) is 37.6 Å². The Labute approximate surface area is 175 Å². The van der Waals surface area contributed by atoms with Crippen LogP contribution < -0.4 is 10.0 Å². The van der Waals surface area contributed by atoms with Gasteiger partial charge in [0.2, 0.25) is 15.9 Å². The lowest BCUT2D eigenvalue weighted by atomic mass is 10.2. The number of hydrogen-bond acceptors (Lipinski definition) is 5. The summed E-state index contributed by atoms with van der Waals surface area (Å²) in [6.45, 7) is 3.97. The van der Waals surface area contributed by atoms with E-state index >= 15 is 0 Å². The number of nitrogens with zero attached hydrogens (tertiary/aromatic N) is 1. The quantitative estimate of drug-likeness (QED) is 0.558. The van der Waals surface area contributed by atoms with Crippen LogP contribution >= 0.6 is 11.3 Å². The summed E-state index contributed by atoms with van der Waals surface area (Å²) in [5.41, 5.74) is 2.40. The van der Waals surface area contributed by atoms with Crippen LogP contribution in [0.4, 0.5) is 5.69 Å². The maximum Gasteiger partial charge on any atom is 0.240 e. The molecule has 3 rings (SSSR count). The predicted octanol–water partition coefficient (Wildman–Crippen LogP) is 4.34. The Hall–Kier alpha value is -2.55. The molecular weight excluding hydrogens is 406 g/mol. The van der Waals surface area contributed by atoms with Gasteiger partial charge in [-0.25, -0.2) is 18.1 Å². The van der Waals surface area contributed by atoms with E-state index in [9.17, 15) is 13.2 Å². The smallest absolute Gasteiger partial charge is 0.240 e. The largest absolute Gasteiger partial charge is 0.326 e. The lowest BCUT2D eigenvalue weighted by Gasteiger charge is -2.08. The second-order valence-electron chi connectivity index (χ2n) is 6.54. The highest BCUT2D eigenvalue weighted by atomic mass is 32.2. The second-order valence-corrected chi connectivity index (χ2v) is 9.39. The van der Waals surface area contributed by atoms with Gasteiger partial charge in [-0.3, -0.25) is 4.79 Å². The molecule has 0 radical (unpaired) electrons. The van der Waals surface area contributed by atoms with Crippen molar-refractivity contribution in [1.29, 1.82) is 0 Å². The number of sulfonamides is 1. The first-order valence-electron chi connectivity index (χ1n) is 9.30. The molecule has 0 saturated heterocycles. The van der Waals surface area contributed by atoms with Crippen molar-refractivity contribution in [2.24, 2.45) is 0 Å². The zero-order valence-corrected chi connectivity index (χ0v) is 17.9. The molecule has 1 heterocycles. The minimum absolute atomic E-state index is 0.0869. The Morgan fingerprint density at radius 1 is 1.07 bits per heavy atom. The third kappa shape index (κ3) is 5.50. The standard InChI is InChI=1S/C21H23N3O3S2/c1-3-7-20(25)24-17-10-12-18(13-11-17)29(26,27)22-14-19-15(2)23-21(28-19)16-8-5-4-6-9-16/h4-6,8-13,22H,3,7,14H2,1-2H3,(H,24,25). The summed E-state index contributed by atoms with van der Waals surface area (Å²) in [4.78, 5) is 17.2. The number of aryl methyl sites for hydroxylation is 1. The van der Waals surface area contributed by atoms with Crippen molar-refractivity contribution in [2.75, 3.05) is 5.32 Å². The first-order chi connectivity index (χ1) is 13.9. The molecule has 0 aliphatic rings. The predicted molar refractivity (Wildman–Crippen MR) is 116 cm³/mol. The molecule has 2 aromatic carbocycles. The fourth-order valence-electron chi connectivity index (χ4n) is 2.71. The number of amides is 1. The molecule has 29 heavy (non-hydrogen) atoms. The average Bonchev–Trinajstić information content (AvgIpc) is 3.08. The van der Waals surface area contributed by atoms with E-state index in [-0.39, 0.29) is 17.3 Å². The summed E-state index contributed by atoms with van der Waals surface area (Å²) >= 11 is 1.48. The Kier molecular flexibility index (Phi) is 6.79. The Morgan fingerprint density at radius 3 is 2.41 bits per heavy atom. The topological polar surface area (TPSA) is 88.2 Å². The molecule has 0 atom stereocenters. The number of thiazole rings is 1. The fourth-order valence-corrected chi connectivity index (χ4v) is 4.80. The minimum Gasteiger partial charge on any atom is -0.326 e. The number of anilines is 1. The van der Waals surface area contributed by atoms with Gasteiger partial charge in [0.25, 0.3) is 0 Å². The fraction of sp³-hybridized carbons (Fsp3) is 0.238. The first kappa shape index (κ1) is 21.2. The van der Waals surface area contributed by atoms with E-state index < -0.39 is 10.0 Å². The molecule has 0 saturated carbocycles. The lowest BCUT2D eigenvalue weighted by Crippen LogP contribution is -2.23. The van der Waals surface area contributed by atoms with E-state index in [2.05, 4.69) is 15.0 Å². The first-order valence-corrected chi connectivity index (χ1v) is 11.6. The Balaban J connectivity index is 1.67. The molecule has 0 spiro atoms. The summed E-state index contributed by atoms with van der Waals surface area (Å²) in [5.74, 6) is -0.0869. The third-order valence-corrected chi connectivity index (χ3v) is 6.89. The summed E-state index contributed by atoms with van der Waals surface area (Å²) in [5, 5.41) is 3.61. The van der Waals surface area contributed by atoms with Gasteiger partial charge in [0.1, 0.15) is 5.01 Å². The Bertz CT molecular complexity index is 1080. The highest BCUT2D eigenvalue weighted by Gasteiger charge is 2.16. The Morgan fingerprint density at radius 2 is 1.76 bits per heavy atom. The second kappa shape index (κ2) is 9.30. The van der Waals surface area contributed by atoms with Crippen LogP contribution in [0.2, 0.25) is 0 Å². The maximum absolute atomic E-state index is 12.6. The molecule has 0 aliphatic carbocycles. The van der Waals surface area contributed by atoms with Crippen LogP contribution in [0.15, 0.2) is 59.5 Å². The van der Waals surface area contributed by atoms with Crippen LogP contribution in [0.1, 0.15) is 30.3 Å². The van der Waals surface area contributed by atoms with Gasteiger partial charge in [0, 0.05) is 29.1 Å². The SMILES string of the molecule is CCCC(=O)Nc1ccc(S(=O)(=O)NCc2sc(-c3ccccc3)nc2C)cc1. The van der Waals surface area contributed by atoms with E-state index in [4.69, 9.17) is 0 Å². The van der Waals surface area contributed by atoms with Gasteiger partial charge < -0.3 is 5.32 Å². The monoisotopic (exact) mass is 429 g/mol. The lowest BCUT2D eigenvalue weighted by molar-refractivity contribution is -0.116. The number of carbonyl (C=O) groups excluding carboxylic acids is 1. The number of hydrogen-bond donors (Lipinski definition) is 2. The maximum atomic E-state index is 12.6. The van der Waals surface area contributed by atoms with E-state index in [0.29, 0.717) is 12.1 Å². The molecule has 2 N–H and O–H groups in total. The number of nitrogens with one attached hydrogen (secondary N) is 2. The van der Waals surface area contributed by atoms with Crippen molar-refractivity contribution in [2.45, 2.75) is 38.1 Å². The summed E-state index contributed by atoms with van der Waals surface area (Å²) in [6, 6.07) is 15.9. The zero-order valence-electron chi connectivity index (χ0n) is 16.3. The molecule has 152 valence electrons. The highest BCUT2D eigenvalue weighted by molar-refractivity contribution is 7.89. The molecule has 1 amide bonds. The molecule has 0 aliphatic heterocycles. The molecular formula is C21H23N3O3S2. The van der Waals surface area contributed by atoms with E-state index in [1.807, 2.05) is 44.2 Å². The summed E-state index contributed by atoms with van der Waals surface area (Å²) in [7, 11) is -3.67. The number of rotatable bonds is 8. The van der Waals surface area contributed by atoms with Gasteiger partial charge in [0.05, 0.1) is 10.6 Å². The van der Waals surface area contributed by atoms with Crippen molar-refractivity contribution in [3.63, 3.8) is 0 Å². The van der Waals surface area contributed by atoms with Crippen LogP contribution in [-0.4, -0.2) is 19.3 Å². The van der Waals surface area contributed by atoms with E-state index in [0.717, 1.165) is 27.6 Å². The number of carbonyl (C=O) groups is 1. The normalized spacial score (nSPS) is 11.4. The van der Waals surface area contributed by atoms with Gasteiger partial charge in [-0.15, -0.1) is 11.3 Å². The molecule has 8 heteroatoms. The van der Waals surface area contributed by atoms with Crippen molar-refractivity contribution < 1.29 is 13.2 Å². The van der Waals surface area contributed by atoms with Crippen molar-refractivity contribution in [1.82, 2.24) is 9.71 Å². The summed E-state index contributed by atoms with van der Waals surface area (Å²) < 4.78 is 27.9. The molecule has 3 aromatic rings. The van der Waals surface area contributed by atoms with Crippen LogP contribution in [0.25, 0.3) is 10.6 Å². The number of aromatic nitrogens is 1. The molecule has 1 aromatic heterocycles. The third-order valence-electron chi connectivity index (χ3n) is 4.26. The van der Waals surface area contributed by atoms with E-state index in [1.165, 1.54) is 23.5 Å². The van der Waals surface area contributed by atoms with Crippen molar-refractivity contribution >= 4 is 33.0 Å². The van der Waals surface area contributed by atoms with Gasteiger partial charge in [-0.2, -0.15) is 0 Å². The van der Waals surface area contributed by atoms with Gasteiger partial charge >= 0.3 is 0 Å². The van der Waals surface area contributed by atoms with E-state index in [1.54, 1.807) is 12.1 Å². The van der Waals surface area contributed by atoms with Crippen molar-refractivity contribution in [3.05, 3.63) is 65.2 Å². The summed E-state index contributed by atoms with van der Waals surface area (Å²) in [6.07, 6.45) is 1.19. The van der Waals surface area contributed by atoms with Crippen LogP contribution in [0.3, 0.4) is 0 Å². The molecule has 6 nitrogen and oxygen atoms in total. The molecule has 0 bridgehead atoms. The molecule has 0 unspecified atom stereocenters. The van der Waals surface area contributed by atoms with Crippen LogP contribution in [0.5, 0.6) is 0 Å². The van der Waals surface area contributed by atoms with Gasteiger partial charge in [0.15, 0.2) is 0 Å². The zero-order chi connectivity index (χ0) is 20.9.